The molecule has 4 nitrogen and oxygen atoms in total. The number of nitrogens with zero attached hydrogens (tertiary/aromatic N) is 1. The molecule has 1 heterocycles. The Morgan fingerprint density at radius 1 is 1.26 bits per heavy atom. The monoisotopic (exact) mass is 325 g/mol. The van der Waals surface area contributed by atoms with Crippen LogP contribution in [0.2, 0.25) is 0 Å². The van der Waals surface area contributed by atoms with E-state index in [0.717, 1.165) is 12.1 Å². The maximum atomic E-state index is 12.8. The number of alkyl halides is 3. The van der Waals surface area contributed by atoms with E-state index in [2.05, 4.69) is 4.74 Å². The molecule has 1 aliphatic rings. The molecule has 2 rings (SSSR count). The molecule has 23 heavy (non-hydrogen) atoms. The standard InChI is InChI=1S/C16H14F3NO3/c1-20-12(7-4-8-13(20)15(22)23-2)14(21)10-5-3-6-11(9-10)16(17,18)19/h3-9,12H,1-2H3. The fraction of sp³-hybridized carbons (Fsp3) is 0.250. The van der Waals surface area contributed by atoms with Crippen LogP contribution in [0.25, 0.3) is 0 Å². The van der Waals surface area contributed by atoms with Crippen LogP contribution in [0.3, 0.4) is 0 Å². The summed E-state index contributed by atoms with van der Waals surface area (Å²) in [5.41, 5.74) is -0.817. The SMILES string of the molecule is COC(=O)C1=CC=CC(C(=O)c2cccc(C(F)(F)F)c2)N1C. The summed E-state index contributed by atoms with van der Waals surface area (Å²) in [7, 11) is 2.71. The van der Waals surface area contributed by atoms with E-state index in [0.29, 0.717) is 0 Å². The zero-order valence-electron chi connectivity index (χ0n) is 12.4. The molecule has 0 N–H and O–H groups in total. The number of hydrogen-bond donors (Lipinski definition) is 0. The van der Waals surface area contributed by atoms with Gasteiger partial charge in [-0.15, -0.1) is 0 Å². The van der Waals surface area contributed by atoms with Gasteiger partial charge in [-0.2, -0.15) is 13.2 Å². The largest absolute Gasteiger partial charge is 0.464 e. The molecule has 0 spiro atoms. The van der Waals surface area contributed by atoms with Crippen molar-refractivity contribution in [2.75, 3.05) is 14.2 Å². The topological polar surface area (TPSA) is 46.6 Å². The Morgan fingerprint density at radius 3 is 2.57 bits per heavy atom. The second-order valence-electron chi connectivity index (χ2n) is 4.93. The van der Waals surface area contributed by atoms with Crippen molar-refractivity contribution in [3.8, 4) is 0 Å². The molecular formula is C16H14F3NO3. The molecule has 0 saturated heterocycles. The van der Waals surface area contributed by atoms with E-state index in [1.807, 2.05) is 0 Å². The summed E-state index contributed by atoms with van der Waals surface area (Å²) in [6.07, 6.45) is -0.0408. The highest BCUT2D eigenvalue weighted by atomic mass is 19.4. The van der Waals surface area contributed by atoms with Crippen LogP contribution in [0.4, 0.5) is 13.2 Å². The van der Waals surface area contributed by atoms with Gasteiger partial charge in [0.15, 0.2) is 5.78 Å². The highest BCUT2D eigenvalue weighted by molar-refractivity contribution is 6.03. The third-order valence-corrected chi connectivity index (χ3v) is 3.48. The van der Waals surface area contributed by atoms with Crippen molar-refractivity contribution in [3.63, 3.8) is 0 Å². The Morgan fingerprint density at radius 2 is 1.96 bits per heavy atom. The van der Waals surface area contributed by atoms with Crippen LogP contribution in [0.5, 0.6) is 0 Å². The number of hydrogen-bond acceptors (Lipinski definition) is 4. The fourth-order valence-corrected chi connectivity index (χ4v) is 2.25. The number of carbonyl (C=O) groups is 2. The minimum atomic E-state index is -4.53. The van der Waals surface area contributed by atoms with Gasteiger partial charge in [-0.3, -0.25) is 4.79 Å². The van der Waals surface area contributed by atoms with Gasteiger partial charge in [0.2, 0.25) is 0 Å². The first-order chi connectivity index (χ1) is 10.8. The number of esters is 1. The summed E-state index contributed by atoms with van der Waals surface area (Å²) in [5, 5.41) is 0. The number of methoxy groups -OCH3 is 1. The fourth-order valence-electron chi connectivity index (χ4n) is 2.25. The van der Waals surface area contributed by atoms with E-state index in [1.165, 1.54) is 49.4 Å². The van der Waals surface area contributed by atoms with Crippen molar-refractivity contribution in [1.29, 1.82) is 0 Å². The van der Waals surface area contributed by atoms with Crippen LogP contribution >= 0.6 is 0 Å². The minimum absolute atomic E-state index is 0.0764. The molecule has 7 heteroatoms. The van der Waals surface area contributed by atoms with Crippen molar-refractivity contribution in [2.24, 2.45) is 0 Å². The molecule has 1 unspecified atom stereocenters. The lowest BCUT2D eigenvalue weighted by Gasteiger charge is -2.29. The Kier molecular flexibility index (Phi) is 4.58. The summed E-state index contributed by atoms with van der Waals surface area (Å²) < 4.78 is 42.9. The van der Waals surface area contributed by atoms with Crippen LogP contribution in [-0.4, -0.2) is 36.9 Å². The Hall–Kier alpha value is -2.57. The quantitative estimate of drug-likeness (QED) is 0.633. The second-order valence-corrected chi connectivity index (χ2v) is 4.93. The molecule has 1 atom stereocenters. The minimum Gasteiger partial charge on any atom is -0.464 e. The second kappa shape index (κ2) is 6.28. The molecule has 1 aromatic carbocycles. The number of likely N-dealkylation sites (N-methyl/N-ethyl adjacent to an activating group) is 1. The smallest absolute Gasteiger partial charge is 0.416 e. The zero-order chi connectivity index (χ0) is 17.2. The maximum Gasteiger partial charge on any atom is 0.416 e. The predicted octanol–water partition coefficient (Wildman–Crippen LogP) is 2.82. The maximum absolute atomic E-state index is 12.8. The van der Waals surface area contributed by atoms with Crippen LogP contribution in [0.1, 0.15) is 15.9 Å². The van der Waals surface area contributed by atoms with E-state index in [4.69, 9.17) is 0 Å². The van der Waals surface area contributed by atoms with E-state index in [9.17, 15) is 22.8 Å². The average molecular weight is 325 g/mol. The summed E-state index contributed by atoms with van der Waals surface area (Å²) in [4.78, 5) is 25.5. The lowest BCUT2D eigenvalue weighted by atomic mass is 9.98. The predicted molar refractivity (Wildman–Crippen MR) is 76.6 cm³/mol. The number of rotatable bonds is 3. The molecule has 0 fully saturated rings. The van der Waals surface area contributed by atoms with Crippen molar-refractivity contribution in [2.45, 2.75) is 12.2 Å². The number of Topliss-reactive ketones (excluding diaryl/α,β-unsaturated/α-hetero) is 1. The molecule has 0 saturated carbocycles. The van der Waals surface area contributed by atoms with Crippen LogP contribution in [-0.2, 0) is 15.7 Å². The average Bonchev–Trinajstić information content (AvgIpc) is 2.53. The van der Waals surface area contributed by atoms with Gasteiger partial charge in [0.05, 0.1) is 12.7 Å². The lowest BCUT2D eigenvalue weighted by Crippen LogP contribution is -2.40. The first kappa shape index (κ1) is 16.8. The molecule has 0 bridgehead atoms. The number of ether oxygens (including phenoxy) is 1. The summed E-state index contributed by atoms with van der Waals surface area (Å²) in [6, 6.07) is 3.32. The summed E-state index contributed by atoms with van der Waals surface area (Å²) in [5.74, 6) is -1.16. The van der Waals surface area contributed by atoms with Crippen LogP contribution < -0.4 is 0 Å². The first-order valence-corrected chi connectivity index (χ1v) is 6.67. The van der Waals surface area contributed by atoms with Crippen LogP contribution in [0, 0.1) is 0 Å². The first-order valence-electron chi connectivity index (χ1n) is 6.67. The zero-order valence-corrected chi connectivity index (χ0v) is 12.4. The molecule has 0 aromatic heterocycles. The third kappa shape index (κ3) is 3.44. The van der Waals surface area contributed by atoms with Gasteiger partial charge >= 0.3 is 12.1 Å². The highest BCUT2D eigenvalue weighted by Gasteiger charge is 2.33. The van der Waals surface area contributed by atoms with E-state index < -0.39 is 29.5 Å². The number of halogens is 3. The van der Waals surface area contributed by atoms with Gasteiger partial charge < -0.3 is 9.64 Å². The molecule has 122 valence electrons. The number of benzene rings is 1. The molecule has 1 aromatic rings. The van der Waals surface area contributed by atoms with E-state index in [-0.39, 0.29) is 11.3 Å². The van der Waals surface area contributed by atoms with Crippen molar-refractivity contribution in [1.82, 2.24) is 4.90 Å². The third-order valence-electron chi connectivity index (χ3n) is 3.48. The molecular weight excluding hydrogens is 311 g/mol. The van der Waals surface area contributed by atoms with Gasteiger partial charge in [-0.25, -0.2) is 4.79 Å². The van der Waals surface area contributed by atoms with Gasteiger partial charge in [-0.05, 0) is 18.2 Å². The summed E-state index contributed by atoms with van der Waals surface area (Å²) >= 11 is 0. The van der Waals surface area contributed by atoms with Gasteiger partial charge in [0.25, 0.3) is 0 Å². The Bertz CT molecular complexity index is 692. The summed E-state index contributed by atoms with van der Waals surface area (Å²) in [6.45, 7) is 0. The highest BCUT2D eigenvalue weighted by Crippen LogP contribution is 2.30. The van der Waals surface area contributed by atoms with Crippen LogP contribution in [0.15, 0.2) is 48.2 Å². The van der Waals surface area contributed by atoms with E-state index >= 15 is 0 Å². The Labute approximate surface area is 130 Å². The molecule has 0 aliphatic carbocycles. The van der Waals surface area contributed by atoms with E-state index in [1.54, 1.807) is 0 Å². The van der Waals surface area contributed by atoms with Gasteiger partial charge in [0.1, 0.15) is 11.7 Å². The van der Waals surface area contributed by atoms with Crippen molar-refractivity contribution < 1.29 is 27.5 Å². The number of allylic oxidation sites excluding steroid dienone is 2. The molecule has 0 radical (unpaired) electrons. The van der Waals surface area contributed by atoms with Gasteiger partial charge in [0, 0.05) is 12.6 Å². The molecule has 0 amide bonds. The van der Waals surface area contributed by atoms with Gasteiger partial charge in [-0.1, -0.05) is 24.3 Å². The lowest BCUT2D eigenvalue weighted by molar-refractivity contribution is -0.138. The van der Waals surface area contributed by atoms with Crippen molar-refractivity contribution in [3.05, 3.63) is 59.3 Å². The number of carbonyl (C=O) groups excluding carboxylic acids is 2. The molecule has 1 aliphatic heterocycles. The van der Waals surface area contributed by atoms with Crippen molar-refractivity contribution >= 4 is 11.8 Å². The number of ketones is 1. The normalized spacial score (nSPS) is 17.7. The Balaban J connectivity index is 2.30.